The van der Waals surface area contributed by atoms with Gasteiger partial charge in [-0.3, -0.25) is 4.79 Å². The van der Waals surface area contributed by atoms with Gasteiger partial charge >= 0.3 is 0 Å². The Hall–Kier alpha value is -2.18. The first-order valence-electron chi connectivity index (χ1n) is 8.02. The molecule has 6 nitrogen and oxygen atoms in total. The highest BCUT2D eigenvalue weighted by molar-refractivity contribution is 5.77. The highest BCUT2D eigenvalue weighted by atomic mass is 16.3. The number of aryl methyl sites for hydroxylation is 3. The lowest BCUT2D eigenvalue weighted by atomic mass is 10.0. The van der Waals surface area contributed by atoms with Gasteiger partial charge in [0.05, 0.1) is 30.1 Å². The Morgan fingerprint density at radius 3 is 2.33 bits per heavy atom. The molecule has 6 heteroatoms. The van der Waals surface area contributed by atoms with Crippen molar-refractivity contribution in [3.63, 3.8) is 0 Å². The van der Waals surface area contributed by atoms with Crippen LogP contribution < -0.4 is 5.32 Å². The number of carbonyl (C=O) groups excluding carboxylic acids is 1. The summed E-state index contributed by atoms with van der Waals surface area (Å²) in [6.45, 7) is 4.98. The Morgan fingerprint density at radius 1 is 1.21 bits per heavy atom. The van der Waals surface area contributed by atoms with Crippen molar-refractivity contribution >= 4 is 5.91 Å². The fraction of sp³-hybridized carbons (Fsp3) is 0.444. The van der Waals surface area contributed by atoms with Crippen molar-refractivity contribution in [2.75, 3.05) is 13.2 Å². The Morgan fingerprint density at radius 2 is 1.83 bits per heavy atom. The zero-order chi connectivity index (χ0) is 17.7. The molecule has 0 spiro atoms. The summed E-state index contributed by atoms with van der Waals surface area (Å²) in [4.78, 5) is 11.9. The van der Waals surface area contributed by atoms with Crippen LogP contribution in [0.1, 0.15) is 30.3 Å². The average molecular weight is 331 g/mol. The van der Waals surface area contributed by atoms with E-state index in [0.29, 0.717) is 12.8 Å². The third kappa shape index (κ3) is 4.43. The molecular weight excluding hydrogens is 306 g/mol. The number of hydrogen-bond donors (Lipinski definition) is 3. The lowest BCUT2D eigenvalue weighted by Crippen LogP contribution is -2.51. The topological polar surface area (TPSA) is 87.4 Å². The average Bonchev–Trinajstić information content (AvgIpc) is 2.91. The Bertz CT molecular complexity index is 688. The van der Waals surface area contributed by atoms with E-state index < -0.39 is 5.54 Å². The first-order valence-corrected chi connectivity index (χ1v) is 8.02. The maximum atomic E-state index is 11.9. The molecule has 0 aliphatic carbocycles. The fourth-order valence-corrected chi connectivity index (χ4v) is 2.48. The second-order valence-corrected chi connectivity index (χ2v) is 6.43. The molecule has 2 rings (SSSR count). The van der Waals surface area contributed by atoms with Crippen molar-refractivity contribution in [1.82, 2.24) is 15.1 Å². The maximum absolute atomic E-state index is 11.9. The van der Waals surface area contributed by atoms with Crippen LogP contribution in [0.3, 0.4) is 0 Å². The van der Waals surface area contributed by atoms with E-state index in [1.54, 1.807) is 6.92 Å². The minimum Gasteiger partial charge on any atom is -0.394 e. The Balaban J connectivity index is 1.95. The predicted molar refractivity (Wildman–Crippen MR) is 92.1 cm³/mol. The van der Waals surface area contributed by atoms with E-state index in [-0.39, 0.29) is 19.1 Å². The molecule has 0 unspecified atom stereocenters. The van der Waals surface area contributed by atoms with E-state index in [2.05, 4.69) is 10.4 Å². The predicted octanol–water partition coefficient (Wildman–Crippen LogP) is 1.28. The van der Waals surface area contributed by atoms with Gasteiger partial charge in [-0.2, -0.15) is 5.10 Å². The van der Waals surface area contributed by atoms with Gasteiger partial charge in [-0.15, -0.1) is 0 Å². The lowest BCUT2D eigenvalue weighted by molar-refractivity contribution is -0.124. The van der Waals surface area contributed by atoms with Gasteiger partial charge in [0, 0.05) is 12.1 Å². The standard InChI is InChI=1S/C18H25N3O3/c1-13-10-14(2)21(20-13)16-7-4-15(5-8-16)6-9-17(24)19-18(3,11-22)12-23/h4-5,7-8,10,22-23H,6,9,11-12H2,1-3H3,(H,19,24). The number of amides is 1. The number of nitrogens with zero attached hydrogens (tertiary/aromatic N) is 2. The van der Waals surface area contributed by atoms with Crippen LogP contribution in [0.5, 0.6) is 0 Å². The first kappa shape index (κ1) is 18.2. The van der Waals surface area contributed by atoms with Gasteiger partial charge in [0.15, 0.2) is 0 Å². The largest absolute Gasteiger partial charge is 0.394 e. The van der Waals surface area contributed by atoms with Crippen molar-refractivity contribution < 1.29 is 15.0 Å². The minimum atomic E-state index is -0.976. The van der Waals surface area contributed by atoms with Gasteiger partial charge in [0.2, 0.25) is 5.91 Å². The molecule has 0 bridgehead atoms. The highest BCUT2D eigenvalue weighted by Crippen LogP contribution is 2.14. The molecule has 0 saturated heterocycles. The SMILES string of the molecule is Cc1cc(C)n(-c2ccc(CCC(=O)NC(C)(CO)CO)cc2)n1. The third-order valence-corrected chi connectivity index (χ3v) is 3.97. The van der Waals surface area contributed by atoms with Crippen molar-refractivity contribution in [3.05, 3.63) is 47.3 Å². The fourth-order valence-electron chi connectivity index (χ4n) is 2.48. The summed E-state index contributed by atoms with van der Waals surface area (Å²) in [6.07, 6.45) is 0.894. The van der Waals surface area contributed by atoms with Crippen LogP contribution in [0.25, 0.3) is 5.69 Å². The molecule has 1 amide bonds. The minimum absolute atomic E-state index is 0.191. The second-order valence-electron chi connectivity index (χ2n) is 6.43. The summed E-state index contributed by atoms with van der Waals surface area (Å²) >= 11 is 0. The number of hydrogen-bond acceptors (Lipinski definition) is 4. The summed E-state index contributed by atoms with van der Waals surface area (Å²) in [5.41, 5.74) is 3.11. The number of rotatable bonds is 7. The van der Waals surface area contributed by atoms with Gasteiger partial charge in [-0.1, -0.05) is 12.1 Å². The highest BCUT2D eigenvalue weighted by Gasteiger charge is 2.24. The van der Waals surface area contributed by atoms with E-state index in [4.69, 9.17) is 0 Å². The summed E-state index contributed by atoms with van der Waals surface area (Å²) in [5.74, 6) is -0.191. The third-order valence-electron chi connectivity index (χ3n) is 3.97. The zero-order valence-corrected chi connectivity index (χ0v) is 14.4. The summed E-state index contributed by atoms with van der Waals surface area (Å²) in [7, 11) is 0. The molecule has 0 fully saturated rings. The van der Waals surface area contributed by atoms with Crippen LogP contribution in [0.15, 0.2) is 30.3 Å². The van der Waals surface area contributed by atoms with Crippen LogP contribution in [0.2, 0.25) is 0 Å². The van der Waals surface area contributed by atoms with Gasteiger partial charge in [-0.05, 0) is 51.0 Å². The molecular formula is C18H25N3O3. The van der Waals surface area contributed by atoms with Crippen LogP contribution in [0.4, 0.5) is 0 Å². The van der Waals surface area contributed by atoms with Gasteiger partial charge in [0.1, 0.15) is 0 Å². The van der Waals surface area contributed by atoms with Crippen molar-refractivity contribution in [3.8, 4) is 5.69 Å². The van der Waals surface area contributed by atoms with Crippen LogP contribution in [-0.4, -0.2) is 44.7 Å². The van der Waals surface area contributed by atoms with Crippen LogP contribution in [0, 0.1) is 13.8 Å². The smallest absolute Gasteiger partial charge is 0.220 e. The number of benzene rings is 1. The van der Waals surface area contributed by atoms with Crippen LogP contribution in [-0.2, 0) is 11.2 Å². The number of aliphatic hydroxyl groups excluding tert-OH is 2. The van der Waals surface area contributed by atoms with E-state index in [1.807, 2.05) is 48.9 Å². The van der Waals surface area contributed by atoms with E-state index in [0.717, 1.165) is 22.6 Å². The molecule has 0 atom stereocenters. The molecule has 0 aliphatic heterocycles. The summed E-state index contributed by atoms with van der Waals surface area (Å²) in [6, 6.07) is 9.96. The lowest BCUT2D eigenvalue weighted by Gasteiger charge is -2.26. The molecule has 1 heterocycles. The molecule has 0 radical (unpaired) electrons. The number of aliphatic hydroxyl groups is 2. The molecule has 3 N–H and O–H groups in total. The molecule has 0 aliphatic rings. The van der Waals surface area contributed by atoms with E-state index >= 15 is 0 Å². The Labute approximate surface area is 142 Å². The van der Waals surface area contributed by atoms with Crippen molar-refractivity contribution in [2.45, 2.75) is 39.2 Å². The summed E-state index contributed by atoms with van der Waals surface area (Å²) < 4.78 is 1.89. The molecule has 2 aromatic rings. The molecule has 0 saturated carbocycles. The second kappa shape index (κ2) is 7.59. The molecule has 1 aromatic carbocycles. The quantitative estimate of drug-likeness (QED) is 0.713. The molecule has 130 valence electrons. The van der Waals surface area contributed by atoms with E-state index in [9.17, 15) is 15.0 Å². The van der Waals surface area contributed by atoms with Crippen molar-refractivity contribution in [2.24, 2.45) is 0 Å². The first-order chi connectivity index (χ1) is 11.4. The zero-order valence-electron chi connectivity index (χ0n) is 14.4. The molecule has 1 aromatic heterocycles. The monoisotopic (exact) mass is 331 g/mol. The van der Waals surface area contributed by atoms with E-state index in [1.165, 1.54) is 0 Å². The normalized spacial score (nSPS) is 11.5. The number of aromatic nitrogens is 2. The summed E-state index contributed by atoms with van der Waals surface area (Å²) in [5, 5.41) is 25.5. The maximum Gasteiger partial charge on any atom is 0.220 e. The Kier molecular flexibility index (Phi) is 5.75. The number of carbonyl (C=O) groups is 1. The van der Waals surface area contributed by atoms with Gasteiger partial charge < -0.3 is 15.5 Å². The van der Waals surface area contributed by atoms with Crippen molar-refractivity contribution in [1.29, 1.82) is 0 Å². The number of nitrogens with one attached hydrogen (secondary N) is 1. The molecule has 24 heavy (non-hydrogen) atoms. The van der Waals surface area contributed by atoms with Gasteiger partial charge in [0.25, 0.3) is 0 Å². The van der Waals surface area contributed by atoms with Gasteiger partial charge in [-0.25, -0.2) is 4.68 Å². The van der Waals surface area contributed by atoms with Crippen LogP contribution >= 0.6 is 0 Å².